The molecule has 18 heavy (non-hydrogen) atoms. The van der Waals surface area contributed by atoms with Gasteiger partial charge >= 0.3 is 5.97 Å². The zero-order valence-corrected chi connectivity index (χ0v) is 12.1. The molecule has 0 saturated heterocycles. The number of aliphatic hydroxyl groups is 1. The zero-order chi connectivity index (χ0) is 13.5. The van der Waals surface area contributed by atoms with Gasteiger partial charge in [0.1, 0.15) is 5.75 Å². The number of hydrogen-bond donors (Lipinski definition) is 1. The van der Waals surface area contributed by atoms with Crippen LogP contribution in [-0.2, 0) is 9.53 Å². The van der Waals surface area contributed by atoms with E-state index in [1.807, 2.05) is 6.07 Å². The highest BCUT2D eigenvalue weighted by Gasteiger charge is 2.15. The van der Waals surface area contributed by atoms with Gasteiger partial charge in [-0.25, -0.2) is 0 Å². The molecule has 1 N–H and O–H groups in total. The van der Waals surface area contributed by atoms with Crippen molar-refractivity contribution in [2.75, 3.05) is 13.7 Å². The Bertz CT molecular complexity index is 406. The fraction of sp³-hybridized carbons (Fsp3) is 0.462. The molecule has 0 bridgehead atoms. The number of hydrogen-bond acceptors (Lipinski definition) is 4. The maximum atomic E-state index is 11.2. The first-order chi connectivity index (χ1) is 8.58. The van der Waals surface area contributed by atoms with Crippen molar-refractivity contribution >= 4 is 21.9 Å². The molecule has 100 valence electrons. The Labute approximate surface area is 115 Å². The van der Waals surface area contributed by atoms with E-state index in [1.165, 1.54) is 0 Å². The molecule has 0 aromatic heterocycles. The highest BCUT2D eigenvalue weighted by molar-refractivity contribution is 9.10. The Morgan fingerprint density at radius 2 is 2.22 bits per heavy atom. The summed E-state index contributed by atoms with van der Waals surface area (Å²) >= 11 is 3.34. The lowest BCUT2D eigenvalue weighted by molar-refractivity contribution is -0.143. The van der Waals surface area contributed by atoms with Crippen LogP contribution in [0, 0.1) is 0 Å². The van der Waals surface area contributed by atoms with Gasteiger partial charge < -0.3 is 14.6 Å². The van der Waals surface area contributed by atoms with Crippen LogP contribution in [0.25, 0.3) is 0 Å². The first-order valence-electron chi connectivity index (χ1n) is 5.75. The first kappa shape index (κ1) is 15.0. The van der Waals surface area contributed by atoms with Gasteiger partial charge in [-0.05, 0) is 31.5 Å². The van der Waals surface area contributed by atoms with Gasteiger partial charge in [-0.1, -0.05) is 15.9 Å². The Balaban J connectivity index is 2.68. The molecule has 1 aromatic rings. The van der Waals surface area contributed by atoms with Crippen molar-refractivity contribution in [2.45, 2.75) is 25.9 Å². The lowest BCUT2D eigenvalue weighted by Crippen LogP contribution is -2.07. The van der Waals surface area contributed by atoms with Crippen molar-refractivity contribution in [3.63, 3.8) is 0 Å². The molecule has 1 atom stereocenters. The highest BCUT2D eigenvalue weighted by Crippen LogP contribution is 2.30. The van der Waals surface area contributed by atoms with Crippen molar-refractivity contribution in [1.82, 2.24) is 0 Å². The largest absolute Gasteiger partial charge is 0.496 e. The SMILES string of the molecule is CCOC(=O)CCC(O)c1cc(Br)ccc1OC. The number of carbonyl (C=O) groups excluding carboxylic acids is 1. The van der Waals surface area contributed by atoms with Gasteiger partial charge in [-0.2, -0.15) is 0 Å². The molecule has 0 aliphatic carbocycles. The second kappa shape index (κ2) is 7.38. The minimum absolute atomic E-state index is 0.185. The van der Waals surface area contributed by atoms with Crippen molar-refractivity contribution in [3.05, 3.63) is 28.2 Å². The predicted molar refractivity (Wildman–Crippen MR) is 71.5 cm³/mol. The van der Waals surface area contributed by atoms with Crippen LogP contribution in [0.15, 0.2) is 22.7 Å². The smallest absolute Gasteiger partial charge is 0.305 e. The number of methoxy groups -OCH3 is 1. The van der Waals surface area contributed by atoms with Gasteiger partial charge in [0.25, 0.3) is 0 Å². The monoisotopic (exact) mass is 316 g/mol. The standard InChI is InChI=1S/C13H17BrO4/c1-3-18-13(16)7-5-11(15)10-8-9(14)4-6-12(10)17-2/h4,6,8,11,15H,3,5,7H2,1-2H3. The summed E-state index contributed by atoms with van der Waals surface area (Å²) in [4.78, 5) is 11.2. The second-order valence-corrected chi connectivity index (χ2v) is 4.66. The van der Waals surface area contributed by atoms with Crippen LogP contribution in [0.2, 0.25) is 0 Å². The number of halogens is 1. The van der Waals surface area contributed by atoms with E-state index in [4.69, 9.17) is 9.47 Å². The topological polar surface area (TPSA) is 55.8 Å². The molecule has 0 radical (unpaired) electrons. The average molecular weight is 317 g/mol. The third kappa shape index (κ3) is 4.31. The van der Waals surface area contributed by atoms with Crippen LogP contribution < -0.4 is 4.74 Å². The molecular formula is C13H17BrO4. The first-order valence-corrected chi connectivity index (χ1v) is 6.55. The minimum Gasteiger partial charge on any atom is -0.496 e. The summed E-state index contributed by atoms with van der Waals surface area (Å²) in [5.74, 6) is 0.306. The Morgan fingerprint density at radius 3 is 2.83 bits per heavy atom. The Kier molecular flexibility index (Phi) is 6.15. The van der Waals surface area contributed by atoms with Crippen molar-refractivity contribution in [1.29, 1.82) is 0 Å². The summed E-state index contributed by atoms with van der Waals surface area (Å²) in [6, 6.07) is 5.39. The van der Waals surface area contributed by atoms with E-state index in [0.29, 0.717) is 24.3 Å². The maximum absolute atomic E-state index is 11.2. The van der Waals surface area contributed by atoms with E-state index in [0.717, 1.165) is 4.47 Å². The molecule has 0 saturated carbocycles. The number of ether oxygens (including phenoxy) is 2. The average Bonchev–Trinajstić information content (AvgIpc) is 2.36. The summed E-state index contributed by atoms with van der Waals surface area (Å²) in [6.07, 6.45) is -0.252. The van der Waals surface area contributed by atoms with Crippen LogP contribution in [-0.4, -0.2) is 24.8 Å². The molecule has 0 aliphatic heterocycles. The summed E-state index contributed by atoms with van der Waals surface area (Å²) in [5.41, 5.74) is 0.663. The number of aliphatic hydroxyl groups excluding tert-OH is 1. The summed E-state index contributed by atoms with van der Waals surface area (Å²) in [6.45, 7) is 2.11. The fourth-order valence-corrected chi connectivity index (χ4v) is 1.99. The number of esters is 1. The maximum Gasteiger partial charge on any atom is 0.305 e. The second-order valence-electron chi connectivity index (χ2n) is 3.75. The zero-order valence-electron chi connectivity index (χ0n) is 10.5. The number of carbonyl (C=O) groups is 1. The van der Waals surface area contributed by atoms with Crippen molar-refractivity contribution in [3.8, 4) is 5.75 Å². The van der Waals surface area contributed by atoms with Crippen molar-refractivity contribution in [2.24, 2.45) is 0 Å². The van der Waals surface area contributed by atoms with Crippen molar-refractivity contribution < 1.29 is 19.4 Å². The molecule has 0 heterocycles. The molecule has 0 amide bonds. The molecule has 5 heteroatoms. The van der Waals surface area contributed by atoms with Gasteiger partial charge in [0.2, 0.25) is 0 Å². The van der Waals surface area contributed by atoms with Gasteiger partial charge in [-0.15, -0.1) is 0 Å². The van der Waals surface area contributed by atoms with Crippen LogP contribution in [0.1, 0.15) is 31.4 Å². The van der Waals surface area contributed by atoms with E-state index in [9.17, 15) is 9.90 Å². The molecule has 1 unspecified atom stereocenters. The highest BCUT2D eigenvalue weighted by atomic mass is 79.9. The van der Waals surface area contributed by atoms with Crippen LogP contribution in [0.4, 0.5) is 0 Å². The van der Waals surface area contributed by atoms with E-state index >= 15 is 0 Å². The van der Waals surface area contributed by atoms with Crippen LogP contribution >= 0.6 is 15.9 Å². The molecule has 1 aromatic carbocycles. The van der Waals surface area contributed by atoms with E-state index in [-0.39, 0.29) is 12.4 Å². The molecule has 0 spiro atoms. The summed E-state index contributed by atoms with van der Waals surface area (Å²) < 4.78 is 10.9. The normalized spacial score (nSPS) is 12.0. The molecule has 0 fully saturated rings. The molecular weight excluding hydrogens is 300 g/mol. The van der Waals surface area contributed by atoms with E-state index < -0.39 is 6.10 Å². The minimum atomic E-state index is -0.748. The Hall–Kier alpha value is -1.07. The Morgan fingerprint density at radius 1 is 1.50 bits per heavy atom. The van der Waals surface area contributed by atoms with Crippen LogP contribution in [0.3, 0.4) is 0 Å². The van der Waals surface area contributed by atoms with Gasteiger partial charge in [0.15, 0.2) is 0 Å². The van der Waals surface area contributed by atoms with Gasteiger partial charge in [-0.3, -0.25) is 4.79 Å². The van der Waals surface area contributed by atoms with Gasteiger partial charge in [0, 0.05) is 16.5 Å². The lowest BCUT2D eigenvalue weighted by Gasteiger charge is -2.14. The quantitative estimate of drug-likeness (QED) is 0.820. The molecule has 4 nitrogen and oxygen atoms in total. The lowest BCUT2D eigenvalue weighted by atomic mass is 10.0. The fourth-order valence-electron chi connectivity index (χ4n) is 1.61. The summed E-state index contributed by atoms with van der Waals surface area (Å²) in [7, 11) is 1.55. The van der Waals surface area contributed by atoms with Gasteiger partial charge in [0.05, 0.1) is 19.8 Å². The predicted octanol–water partition coefficient (Wildman–Crippen LogP) is 2.83. The third-order valence-corrected chi connectivity index (χ3v) is 2.97. The number of rotatable bonds is 6. The van der Waals surface area contributed by atoms with E-state index in [2.05, 4.69) is 15.9 Å². The number of benzene rings is 1. The third-order valence-electron chi connectivity index (χ3n) is 2.48. The molecule has 1 rings (SSSR count). The van der Waals surface area contributed by atoms with E-state index in [1.54, 1.807) is 26.2 Å². The molecule has 0 aliphatic rings. The summed E-state index contributed by atoms with van der Waals surface area (Å²) in [5, 5.41) is 10.1. The van der Waals surface area contributed by atoms with Crippen LogP contribution in [0.5, 0.6) is 5.75 Å².